The van der Waals surface area contributed by atoms with Gasteiger partial charge in [-0.3, -0.25) is 14.7 Å². The van der Waals surface area contributed by atoms with Gasteiger partial charge in [0.2, 0.25) is 5.91 Å². The minimum absolute atomic E-state index is 0.0531. The van der Waals surface area contributed by atoms with E-state index in [2.05, 4.69) is 20.8 Å². The van der Waals surface area contributed by atoms with E-state index in [1.54, 1.807) is 19.2 Å². The van der Waals surface area contributed by atoms with Gasteiger partial charge in [0.25, 0.3) is 5.91 Å². The lowest BCUT2D eigenvalue weighted by atomic mass is 10.1. The molecule has 2 heterocycles. The molecule has 0 bridgehead atoms. The van der Waals surface area contributed by atoms with Crippen LogP contribution in [0.5, 0.6) is 5.75 Å². The molecule has 0 unspecified atom stereocenters. The number of H-pyrrole nitrogens is 1. The Morgan fingerprint density at radius 1 is 1.35 bits per heavy atom. The molecular formula is C18H23N5O3. The standard InChI is InChI=1S/C18H23N5O3/c1-3-23(11-16(24)20-14-6-4-5-7-15(14)26-2)18(25)17-12-10-19-9-8-13(12)21-22-17/h4-7,19H,3,8-11H2,1-2H3,(H,20,24)(H,21,22). The zero-order valence-electron chi connectivity index (χ0n) is 15.0. The molecule has 0 aliphatic carbocycles. The number of hydrogen-bond donors (Lipinski definition) is 3. The highest BCUT2D eigenvalue weighted by Gasteiger charge is 2.26. The molecule has 0 saturated carbocycles. The van der Waals surface area contributed by atoms with E-state index in [1.165, 1.54) is 4.90 Å². The number of likely N-dealkylation sites (N-methyl/N-ethyl adjacent to an activating group) is 1. The van der Waals surface area contributed by atoms with E-state index in [1.807, 2.05) is 19.1 Å². The monoisotopic (exact) mass is 357 g/mol. The minimum Gasteiger partial charge on any atom is -0.495 e. The summed E-state index contributed by atoms with van der Waals surface area (Å²) in [5.74, 6) is 0.0405. The molecule has 0 radical (unpaired) electrons. The molecule has 0 atom stereocenters. The largest absolute Gasteiger partial charge is 0.495 e. The van der Waals surface area contributed by atoms with Gasteiger partial charge in [-0.15, -0.1) is 0 Å². The van der Waals surface area contributed by atoms with Gasteiger partial charge < -0.3 is 20.3 Å². The van der Waals surface area contributed by atoms with Gasteiger partial charge in [0.15, 0.2) is 5.69 Å². The zero-order chi connectivity index (χ0) is 18.5. The number of carbonyl (C=O) groups is 2. The second-order valence-corrected chi connectivity index (χ2v) is 6.02. The molecule has 0 saturated heterocycles. The Morgan fingerprint density at radius 3 is 2.92 bits per heavy atom. The SMILES string of the molecule is CCN(CC(=O)Nc1ccccc1OC)C(=O)c1n[nH]c2c1CNCC2. The molecular weight excluding hydrogens is 334 g/mol. The van der Waals surface area contributed by atoms with E-state index in [9.17, 15) is 9.59 Å². The molecule has 26 heavy (non-hydrogen) atoms. The number of benzene rings is 1. The lowest BCUT2D eigenvalue weighted by Crippen LogP contribution is -2.39. The highest BCUT2D eigenvalue weighted by molar-refractivity contribution is 5.99. The van der Waals surface area contributed by atoms with Crippen LogP contribution >= 0.6 is 0 Å². The Morgan fingerprint density at radius 2 is 2.15 bits per heavy atom. The van der Waals surface area contributed by atoms with Crippen LogP contribution in [-0.4, -0.2) is 53.7 Å². The predicted molar refractivity (Wildman–Crippen MR) is 97.2 cm³/mol. The number of amides is 2. The van der Waals surface area contributed by atoms with Gasteiger partial charge >= 0.3 is 0 Å². The summed E-state index contributed by atoms with van der Waals surface area (Å²) in [6, 6.07) is 7.15. The Hall–Kier alpha value is -2.87. The summed E-state index contributed by atoms with van der Waals surface area (Å²) >= 11 is 0. The molecule has 2 amide bonds. The van der Waals surface area contributed by atoms with Crippen LogP contribution in [0.15, 0.2) is 24.3 Å². The van der Waals surface area contributed by atoms with E-state index >= 15 is 0 Å². The molecule has 0 fully saturated rings. The lowest BCUT2D eigenvalue weighted by molar-refractivity contribution is -0.116. The minimum atomic E-state index is -0.285. The number of aromatic amines is 1. The predicted octanol–water partition coefficient (Wildman–Crippen LogP) is 1.16. The van der Waals surface area contributed by atoms with Gasteiger partial charge in [-0.25, -0.2) is 0 Å². The van der Waals surface area contributed by atoms with Crippen LogP contribution in [0, 0.1) is 0 Å². The van der Waals surface area contributed by atoms with Crippen molar-refractivity contribution in [2.75, 3.05) is 32.1 Å². The van der Waals surface area contributed by atoms with Crippen LogP contribution in [0.2, 0.25) is 0 Å². The molecule has 0 spiro atoms. The third-order valence-electron chi connectivity index (χ3n) is 4.39. The second kappa shape index (κ2) is 8.01. The van der Waals surface area contributed by atoms with E-state index < -0.39 is 0 Å². The maximum Gasteiger partial charge on any atom is 0.275 e. The number of hydrogen-bond acceptors (Lipinski definition) is 5. The maximum absolute atomic E-state index is 12.8. The number of para-hydroxylation sites is 2. The average Bonchev–Trinajstić information content (AvgIpc) is 3.10. The molecule has 8 heteroatoms. The number of aromatic nitrogens is 2. The number of fused-ring (bicyclic) bond motifs is 1. The van der Waals surface area contributed by atoms with Crippen molar-refractivity contribution in [2.45, 2.75) is 19.9 Å². The van der Waals surface area contributed by atoms with Crippen molar-refractivity contribution in [3.8, 4) is 5.75 Å². The summed E-state index contributed by atoms with van der Waals surface area (Å²) < 4.78 is 5.23. The van der Waals surface area contributed by atoms with E-state index in [0.717, 1.165) is 24.2 Å². The first-order valence-electron chi connectivity index (χ1n) is 8.63. The van der Waals surface area contributed by atoms with Crippen molar-refractivity contribution in [1.29, 1.82) is 0 Å². The summed E-state index contributed by atoms with van der Waals surface area (Å²) in [6.07, 6.45) is 0.816. The fourth-order valence-electron chi connectivity index (χ4n) is 2.99. The summed E-state index contributed by atoms with van der Waals surface area (Å²) in [5.41, 5.74) is 2.84. The molecule has 1 aromatic carbocycles. The number of ether oxygens (including phenoxy) is 1. The number of rotatable bonds is 6. The molecule has 1 aromatic heterocycles. The van der Waals surface area contributed by atoms with Crippen LogP contribution in [0.4, 0.5) is 5.69 Å². The summed E-state index contributed by atoms with van der Waals surface area (Å²) in [4.78, 5) is 26.7. The highest BCUT2D eigenvalue weighted by Crippen LogP contribution is 2.23. The molecule has 1 aliphatic rings. The molecule has 3 N–H and O–H groups in total. The normalized spacial score (nSPS) is 13.0. The Labute approximate surface area is 151 Å². The van der Waals surface area contributed by atoms with Crippen LogP contribution in [0.1, 0.15) is 28.7 Å². The number of nitrogens with zero attached hydrogens (tertiary/aromatic N) is 2. The van der Waals surface area contributed by atoms with Gasteiger partial charge in [0, 0.05) is 37.3 Å². The van der Waals surface area contributed by atoms with E-state index in [4.69, 9.17) is 4.74 Å². The van der Waals surface area contributed by atoms with Gasteiger partial charge in [-0.2, -0.15) is 5.10 Å². The summed E-state index contributed by atoms with van der Waals surface area (Å²) in [5, 5.41) is 13.1. The number of anilines is 1. The Kier molecular flexibility index (Phi) is 5.52. The molecule has 138 valence electrons. The fraction of sp³-hybridized carbons (Fsp3) is 0.389. The topological polar surface area (TPSA) is 99.3 Å². The Balaban J connectivity index is 1.70. The summed E-state index contributed by atoms with van der Waals surface area (Å²) in [6.45, 7) is 3.67. The Bertz CT molecular complexity index is 802. The third-order valence-corrected chi connectivity index (χ3v) is 4.39. The van der Waals surface area contributed by atoms with E-state index in [0.29, 0.717) is 30.2 Å². The first-order valence-corrected chi connectivity index (χ1v) is 8.63. The maximum atomic E-state index is 12.8. The average molecular weight is 357 g/mol. The molecule has 2 aromatic rings. The lowest BCUT2D eigenvalue weighted by Gasteiger charge is -2.21. The molecule has 1 aliphatic heterocycles. The van der Waals surface area contributed by atoms with Crippen LogP contribution < -0.4 is 15.4 Å². The third kappa shape index (κ3) is 3.70. The highest BCUT2D eigenvalue weighted by atomic mass is 16.5. The van der Waals surface area contributed by atoms with Crippen molar-refractivity contribution in [3.05, 3.63) is 41.2 Å². The van der Waals surface area contributed by atoms with Crippen molar-refractivity contribution in [2.24, 2.45) is 0 Å². The number of carbonyl (C=O) groups excluding carboxylic acids is 2. The molecule has 3 rings (SSSR count). The summed E-state index contributed by atoms with van der Waals surface area (Å²) in [7, 11) is 1.54. The van der Waals surface area contributed by atoms with Gasteiger partial charge in [-0.05, 0) is 19.1 Å². The van der Waals surface area contributed by atoms with Gasteiger partial charge in [-0.1, -0.05) is 12.1 Å². The quantitative estimate of drug-likeness (QED) is 0.721. The number of methoxy groups -OCH3 is 1. The van der Waals surface area contributed by atoms with Crippen molar-refractivity contribution < 1.29 is 14.3 Å². The first-order chi connectivity index (χ1) is 12.6. The van der Waals surface area contributed by atoms with Crippen LogP contribution in [-0.2, 0) is 17.8 Å². The zero-order valence-corrected chi connectivity index (χ0v) is 15.0. The van der Waals surface area contributed by atoms with Gasteiger partial charge in [0.1, 0.15) is 12.3 Å². The van der Waals surface area contributed by atoms with Gasteiger partial charge in [0.05, 0.1) is 12.8 Å². The fourth-order valence-corrected chi connectivity index (χ4v) is 2.99. The van der Waals surface area contributed by atoms with Crippen LogP contribution in [0.3, 0.4) is 0 Å². The molecule has 8 nitrogen and oxygen atoms in total. The van der Waals surface area contributed by atoms with Crippen molar-refractivity contribution >= 4 is 17.5 Å². The van der Waals surface area contributed by atoms with E-state index in [-0.39, 0.29) is 18.4 Å². The van der Waals surface area contributed by atoms with Crippen molar-refractivity contribution in [3.63, 3.8) is 0 Å². The van der Waals surface area contributed by atoms with Crippen LogP contribution in [0.25, 0.3) is 0 Å². The van der Waals surface area contributed by atoms with Crippen molar-refractivity contribution in [1.82, 2.24) is 20.4 Å². The number of nitrogens with one attached hydrogen (secondary N) is 3. The smallest absolute Gasteiger partial charge is 0.275 e. The first kappa shape index (κ1) is 17.9. The second-order valence-electron chi connectivity index (χ2n) is 6.02.